The van der Waals surface area contributed by atoms with Crippen LogP contribution in [0.25, 0.3) is 11.1 Å². The van der Waals surface area contributed by atoms with Gasteiger partial charge in [-0.3, -0.25) is 4.98 Å². The van der Waals surface area contributed by atoms with Gasteiger partial charge in [0, 0.05) is 25.5 Å². The molecule has 1 unspecified atom stereocenters. The Morgan fingerprint density at radius 1 is 1.23 bits per heavy atom. The SMILES string of the molecule is CC1(C(F)F)CN(C(=O)NCc2ccc(-c3ccncc3)cc2)CCO1. The van der Waals surface area contributed by atoms with Crippen molar-refractivity contribution in [3.05, 3.63) is 54.4 Å². The molecule has 0 aliphatic carbocycles. The van der Waals surface area contributed by atoms with Gasteiger partial charge in [-0.1, -0.05) is 24.3 Å². The molecule has 1 aliphatic rings. The molecule has 0 radical (unpaired) electrons. The zero-order chi connectivity index (χ0) is 18.6. The van der Waals surface area contributed by atoms with Gasteiger partial charge in [0.1, 0.15) is 5.60 Å². The van der Waals surface area contributed by atoms with Crippen molar-refractivity contribution in [1.82, 2.24) is 15.2 Å². The van der Waals surface area contributed by atoms with Crippen LogP contribution in [0.1, 0.15) is 12.5 Å². The molecule has 0 bridgehead atoms. The third-order valence-electron chi connectivity index (χ3n) is 4.46. The lowest BCUT2D eigenvalue weighted by molar-refractivity contribution is -0.161. The monoisotopic (exact) mass is 361 g/mol. The van der Waals surface area contributed by atoms with Crippen molar-refractivity contribution in [2.45, 2.75) is 25.5 Å². The molecule has 1 fully saturated rings. The molecule has 138 valence electrons. The van der Waals surface area contributed by atoms with Crippen LogP contribution in [0.2, 0.25) is 0 Å². The van der Waals surface area contributed by atoms with Crippen LogP contribution in [-0.2, 0) is 11.3 Å². The van der Waals surface area contributed by atoms with Gasteiger partial charge >= 0.3 is 6.03 Å². The van der Waals surface area contributed by atoms with Crippen LogP contribution < -0.4 is 5.32 Å². The largest absolute Gasteiger partial charge is 0.366 e. The van der Waals surface area contributed by atoms with E-state index in [1.54, 1.807) is 12.4 Å². The van der Waals surface area contributed by atoms with E-state index in [0.29, 0.717) is 13.1 Å². The van der Waals surface area contributed by atoms with Gasteiger partial charge in [-0.15, -0.1) is 0 Å². The highest BCUT2D eigenvalue weighted by atomic mass is 19.3. The average Bonchev–Trinajstić information content (AvgIpc) is 2.67. The Labute approximate surface area is 151 Å². The van der Waals surface area contributed by atoms with Crippen molar-refractivity contribution in [2.24, 2.45) is 0 Å². The van der Waals surface area contributed by atoms with Crippen LogP contribution in [0.4, 0.5) is 13.6 Å². The minimum absolute atomic E-state index is 0.106. The summed E-state index contributed by atoms with van der Waals surface area (Å²) in [5.74, 6) is 0. The van der Waals surface area contributed by atoms with E-state index < -0.39 is 12.0 Å². The lowest BCUT2D eigenvalue weighted by atomic mass is 10.1. The van der Waals surface area contributed by atoms with Gasteiger partial charge in [0.15, 0.2) is 0 Å². The highest BCUT2D eigenvalue weighted by Crippen LogP contribution is 2.25. The van der Waals surface area contributed by atoms with E-state index in [0.717, 1.165) is 16.7 Å². The van der Waals surface area contributed by atoms with Crippen LogP contribution in [0.5, 0.6) is 0 Å². The quantitative estimate of drug-likeness (QED) is 0.909. The van der Waals surface area contributed by atoms with Crippen LogP contribution in [0.3, 0.4) is 0 Å². The molecule has 5 nitrogen and oxygen atoms in total. The fourth-order valence-corrected chi connectivity index (χ4v) is 2.85. The lowest BCUT2D eigenvalue weighted by Gasteiger charge is -2.39. The van der Waals surface area contributed by atoms with Gasteiger partial charge in [-0.25, -0.2) is 13.6 Å². The molecule has 0 saturated carbocycles. The molecule has 1 aromatic carbocycles. The van der Waals surface area contributed by atoms with E-state index >= 15 is 0 Å². The van der Waals surface area contributed by atoms with E-state index in [2.05, 4.69) is 10.3 Å². The first kappa shape index (κ1) is 18.3. The predicted octanol–water partition coefficient (Wildman–Crippen LogP) is 3.31. The second-order valence-electron chi connectivity index (χ2n) is 6.47. The maximum Gasteiger partial charge on any atom is 0.317 e. The standard InChI is InChI=1S/C19H21F2N3O2/c1-19(17(20)21)13-24(10-11-26-19)18(25)23-12-14-2-4-15(5-3-14)16-6-8-22-9-7-16/h2-9,17H,10-13H2,1H3,(H,23,25). The van der Waals surface area contributed by atoms with Crippen LogP contribution >= 0.6 is 0 Å². The van der Waals surface area contributed by atoms with E-state index in [4.69, 9.17) is 4.74 Å². The third-order valence-corrected chi connectivity index (χ3v) is 4.46. The van der Waals surface area contributed by atoms with Crippen LogP contribution in [-0.4, -0.2) is 47.6 Å². The van der Waals surface area contributed by atoms with Gasteiger partial charge in [-0.05, 0) is 35.7 Å². The van der Waals surface area contributed by atoms with Gasteiger partial charge < -0.3 is 15.0 Å². The lowest BCUT2D eigenvalue weighted by Crippen LogP contribution is -2.57. The highest BCUT2D eigenvalue weighted by molar-refractivity contribution is 5.74. The molecule has 1 aromatic heterocycles. The second-order valence-corrected chi connectivity index (χ2v) is 6.47. The summed E-state index contributed by atoms with van der Waals surface area (Å²) in [4.78, 5) is 17.6. The molecular formula is C19H21F2N3O2. The summed E-state index contributed by atoms with van der Waals surface area (Å²) >= 11 is 0. The number of amides is 2. The molecule has 0 spiro atoms. The van der Waals surface area contributed by atoms with Crippen LogP contribution in [0, 0.1) is 0 Å². The first-order chi connectivity index (χ1) is 12.5. The van der Waals surface area contributed by atoms with Crippen LogP contribution in [0.15, 0.2) is 48.8 Å². The number of nitrogens with one attached hydrogen (secondary N) is 1. The molecule has 26 heavy (non-hydrogen) atoms. The number of aromatic nitrogens is 1. The Balaban J connectivity index is 1.56. The molecule has 1 atom stereocenters. The van der Waals surface area contributed by atoms with Crippen molar-refractivity contribution in [1.29, 1.82) is 0 Å². The minimum atomic E-state index is -2.64. The zero-order valence-electron chi connectivity index (χ0n) is 14.5. The third kappa shape index (κ3) is 4.16. The van der Waals surface area contributed by atoms with E-state index in [-0.39, 0.29) is 19.2 Å². The van der Waals surface area contributed by atoms with Crippen molar-refractivity contribution in [3.8, 4) is 11.1 Å². The summed E-state index contributed by atoms with van der Waals surface area (Å²) in [5.41, 5.74) is 1.45. The average molecular weight is 361 g/mol. The Morgan fingerprint density at radius 2 is 1.88 bits per heavy atom. The van der Waals surface area contributed by atoms with Gasteiger partial charge in [-0.2, -0.15) is 0 Å². The predicted molar refractivity (Wildman–Crippen MR) is 93.8 cm³/mol. The molecular weight excluding hydrogens is 340 g/mol. The molecule has 2 amide bonds. The number of carbonyl (C=O) groups is 1. The van der Waals surface area contributed by atoms with Gasteiger partial charge in [0.2, 0.25) is 0 Å². The van der Waals surface area contributed by atoms with Crippen molar-refractivity contribution >= 4 is 6.03 Å². The summed E-state index contributed by atoms with van der Waals surface area (Å²) in [7, 11) is 0. The number of benzene rings is 1. The van der Waals surface area contributed by atoms with Gasteiger partial charge in [0.25, 0.3) is 6.43 Å². The Bertz CT molecular complexity index is 740. The summed E-state index contributed by atoms with van der Waals surface area (Å²) in [5, 5.41) is 2.78. The fourth-order valence-electron chi connectivity index (χ4n) is 2.85. The summed E-state index contributed by atoms with van der Waals surface area (Å²) in [6.07, 6.45) is 0.830. The maximum absolute atomic E-state index is 13.1. The number of alkyl halides is 2. The Kier molecular flexibility index (Phi) is 5.46. The number of ether oxygens (including phenoxy) is 1. The molecule has 2 aromatic rings. The molecule has 1 aliphatic heterocycles. The molecule has 1 saturated heterocycles. The number of carbonyl (C=O) groups excluding carboxylic acids is 1. The van der Waals surface area contributed by atoms with Gasteiger partial charge in [0.05, 0.1) is 13.2 Å². The van der Waals surface area contributed by atoms with Crippen molar-refractivity contribution < 1.29 is 18.3 Å². The highest BCUT2D eigenvalue weighted by Gasteiger charge is 2.41. The number of rotatable bonds is 4. The van der Waals surface area contributed by atoms with E-state index in [9.17, 15) is 13.6 Å². The maximum atomic E-state index is 13.1. The Hall–Kier alpha value is -2.54. The number of nitrogens with zero attached hydrogens (tertiary/aromatic N) is 2. The number of halogens is 2. The van der Waals surface area contributed by atoms with Crippen molar-refractivity contribution in [2.75, 3.05) is 19.7 Å². The first-order valence-electron chi connectivity index (χ1n) is 8.42. The van der Waals surface area contributed by atoms with E-state index in [1.165, 1.54) is 11.8 Å². The molecule has 1 N–H and O–H groups in total. The number of morpholine rings is 1. The molecule has 2 heterocycles. The topological polar surface area (TPSA) is 54.5 Å². The summed E-state index contributed by atoms with van der Waals surface area (Å²) in [6, 6.07) is 11.3. The normalized spacial score (nSPS) is 20.2. The second kappa shape index (κ2) is 7.78. The number of urea groups is 1. The van der Waals surface area contributed by atoms with E-state index in [1.807, 2.05) is 36.4 Å². The molecule has 3 rings (SSSR count). The summed E-state index contributed by atoms with van der Waals surface area (Å²) in [6.45, 7) is 1.94. The first-order valence-corrected chi connectivity index (χ1v) is 8.42. The Morgan fingerprint density at radius 3 is 2.54 bits per heavy atom. The summed E-state index contributed by atoms with van der Waals surface area (Å²) < 4.78 is 31.3. The number of hydrogen-bond acceptors (Lipinski definition) is 3. The fraction of sp³-hybridized carbons (Fsp3) is 0.368. The minimum Gasteiger partial charge on any atom is -0.366 e. The number of pyridine rings is 1. The smallest absolute Gasteiger partial charge is 0.317 e. The van der Waals surface area contributed by atoms with Crippen molar-refractivity contribution in [3.63, 3.8) is 0 Å². The number of hydrogen-bond donors (Lipinski definition) is 1. The molecule has 7 heteroatoms. The zero-order valence-corrected chi connectivity index (χ0v) is 14.5.